The van der Waals surface area contributed by atoms with Crippen molar-refractivity contribution in [1.82, 2.24) is 0 Å². The minimum absolute atomic E-state index is 0.0618. The molecule has 1 N–H and O–H groups in total. The fourth-order valence-electron chi connectivity index (χ4n) is 2.24. The van der Waals surface area contributed by atoms with Crippen LogP contribution < -0.4 is 5.32 Å². The van der Waals surface area contributed by atoms with Crippen molar-refractivity contribution in [3.05, 3.63) is 41.1 Å². The summed E-state index contributed by atoms with van der Waals surface area (Å²) in [7, 11) is 0. The number of rotatable bonds is 1. The van der Waals surface area contributed by atoms with Gasteiger partial charge in [-0.1, -0.05) is 38.1 Å². The molecule has 1 aliphatic rings. The van der Waals surface area contributed by atoms with Gasteiger partial charge < -0.3 is 5.32 Å². The predicted octanol–water partition coefficient (Wildman–Crippen LogP) is 4.19. The number of benzene rings is 1. The summed E-state index contributed by atoms with van der Waals surface area (Å²) >= 11 is 6.28. The molecule has 0 radical (unpaired) electrons. The summed E-state index contributed by atoms with van der Waals surface area (Å²) in [6.07, 6.45) is 0. The van der Waals surface area contributed by atoms with Gasteiger partial charge in [0, 0.05) is 27.4 Å². The SMILES string of the molecule is C=C1Nc2cccc(Cl)c2C1(C)C(C)C. The Balaban J connectivity index is 2.68. The highest BCUT2D eigenvalue weighted by Gasteiger charge is 2.41. The summed E-state index contributed by atoms with van der Waals surface area (Å²) in [5, 5.41) is 4.16. The topological polar surface area (TPSA) is 12.0 Å². The van der Waals surface area contributed by atoms with Crippen LogP contribution in [0, 0.1) is 5.92 Å². The third kappa shape index (κ3) is 1.30. The number of anilines is 1. The van der Waals surface area contributed by atoms with E-state index >= 15 is 0 Å². The van der Waals surface area contributed by atoms with E-state index in [0.717, 1.165) is 16.4 Å². The van der Waals surface area contributed by atoms with Crippen molar-refractivity contribution in [2.45, 2.75) is 26.2 Å². The number of fused-ring (bicyclic) bond motifs is 1. The van der Waals surface area contributed by atoms with Gasteiger partial charge in [0.2, 0.25) is 0 Å². The lowest BCUT2D eigenvalue weighted by Crippen LogP contribution is -2.28. The van der Waals surface area contributed by atoms with Crippen LogP contribution in [0.5, 0.6) is 0 Å². The zero-order valence-corrected chi connectivity index (χ0v) is 10.2. The molecule has 1 aromatic carbocycles. The van der Waals surface area contributed by atoms with Crippen LogP contribution in [0.4, 0.5) is 5.69 Å². The summed E-state index contributed by atoms with van der Waals surface area (Å²) < 4.78 is 0. The summed E-state index contributed by atoms with van der Waals surface area (Å²) in [5.41, 5.74) is 3.27. The van der Waals surface area contributed by atoms with Crippen LogP contribution in [0.15, 0.2) is 30.5 Å². The van der Waals surface area contributed by atoms with Gasteiger partial charge in [0.1, 0.15) is 0 Å². The molecule has 15 heavy (non-hydrogen) atoms. The summed E-state index contributed by atoms with van der Waals surface area (Å²) in [4.78, 5) is 0. The van der Waals surface area contributed by atoms with E-state index in [-0.39, 0.29) is 5.41 Å². The third-order valence-corrected chi connectivity index (χ3v) is 3.92. The minimum atomic E-state index is -0.0618. The van der Waals surface area contributed by atoms with Crippen molar-refractivity contribution in [2.75, 3.05) is 5.32 Å². The molecular formula is C13H16ClN. The molecule has 0 spiro atoms. The molecule has 0 saturated carbocycles. The number of hydrogen-bond acceptors (Lipinski definition) is 1. The standard InChI is InChI=1S/C13H16ClN/c1-8(2)13(4)9(3)15-11-7-5-6-10(14)12(11)13/h5-8,15H,3H2,1-2,4H3. The van der Waals surface area contributed by atoms with E-state index in [0.29, 0.717) is 5.92 Å². The van der Waals surface area contributed by atoms with Gasteiger partial charge in [-0.3, -0.25) is 0 Å². The molecule has 0 aromatic heterocycles. The first-order valence-electron chi connectivity index (χ1n) is 5.23. The molecule has 80 valence electrons. The number of allylic oxidation sites excluding steroid dienone is 1. The number of hydrogen-bond donors (Lipinski definition) is 1. The maximum Gasteiger partial charge on any atom is 0.0468 e. The maximum absolute atomic E-state index is 6.28. The molecule has 0 fully saturated rings. The van der Waals surface area contributed by atoms with Crippen molar-refractivity contribution >= 4 is 17.3 Å². The first kappa shape index (κ1) is 10.6. The second-order valence-electron chi connectivity index (χ2n) is 4.62. The van der Waals surface area contributed by atoms with E-state index < -0.39 is 0 Å². The van der Waals surface area contributed by atoms with Crippen molar-refractivity contribution in [1.29, 1.82) is 0 Å². The first-order valence-corrected chi connectivity index (χ1v) is 5.61. The lowest BCUT2D eigenvalue weighted by molar-refractivity contribution is 0.412. The monoisotopic (exact) mass is 221 g/mol. The van der Waals surface area contributed by atoms with E-state index in [1.54, 1.807) is 0 Å². The normalized spacial score (nSPS) is 24.2. The van der Waals surface area contributed by atoms with Gasteiger partial charge in [0.25, 0.3) is 0 Å². The fraction of sp³-hybridized carbons (Fsp3) is 0.385. The van der Waals surface area contributed by atoms with E-state index in [4.69, 9.17) is 11.6 Å². The van der Waals surface area contributed by atoms with E-state index in [1.807, 2.05) is 12.1 Å². The largest absolute Gasteiger partial charge is 0.358 e. The van der Waals surface area contributed by atoms with Crippen LogP contribution in [-0.2, 0) is 5.41 Å². The Labute approximate surface area is 96.1 Å². The molecule has 1 aliphatic heterocycles. The van der Waals surface area contributed by atoms with Crippen LogP contribution in [0.2, 0.25) is 5.02 Å². The van der Waals surface area contributed by atoms with Crippen LogP contribution in [0.3, 0.4) is 0 Å². The zero-order valence-electron chi connectivity index (χ0n) is 9.39. The highest BCUT2D eigenvalue weighted by Crippen LogP contribution is 2.50. The van der Waals surface area contributed by atoms with Gasteiger partial charge in [-0.05, 0) is 25.0 Å². The van der Waals surface area contributed by atoms with Gasteiger partial charge in [-0.2, -0.15) is 0 Å². The van der Waals surface area contributed by atoms with Crippen molar-refractivity contribution in [2.24, 2.45) is 5.92 Å². The fourth-order valence-corrected chi connectivity index (χ4v) is 2.61. The Morgan fingerprint density at radius 3 is 2.67 bits per heavy atom. The molecule has 1 heterocycles. The minimum Gasteiger partial charge on any atom is -0.358 e. The Bertz CT molecular complexity index is 423. The molecule has 2 rings (SSSR count). The lowest BCUT2D eigenvalue weighted by atomic mass is 9.73. The molecule has 1 atom stereocenters. The van der Waals surface area contributed by atoms with Gasteiger partial charge in [0.15, 0.2) is 0 Å². The molecule has 2 heteroatoms. The summed E-state index contributed by atoms with van der Waals surface area (Å²) in [6.45, 7) is 10.7. The van der Waals surface area contributed by atoms with Crippen molar-refractivity contribution in [3.8, 4) is 0 Å². The van der Waals surface area contributed by atoms with Crippen LogP contribution in [-0.4, -0.2) is 0 Å². The second-order valence-corrected chi connectivity index (χ2v) is 5.03. The average molecular weight is 222 g/mol. The van der Waals surface area contributed by atoms with Crippen LogP contribution >= 0.6 is 11.6 Å². The molecule has 1 nitrogen and oxygen atoms in total. The highest BCUT2D eigenvalue weighted by atomic mass is 35.5. The maximum atomic E-state index is 6.28. The van der Waals surface area contributed by atoms with E-state index in [1.165, 1.54) is 5.56 Å². The highest BCUT2D eigenvalue weighted by molar-refractivity contribution is 6.32. The second kappa shape index (κ2) is 3.28. The van der Waals surface area contributed by atoms with Crippen molar-refractivity contribution < 1.29 is 0 Å². The molecular weight excluding hydrogens is 206 g/mol. The zero-order chi connectivity index (χ0) is 11.2. The van der Waals surface area contributed by atoms with Crippen LogP contribution in [0.25, 0.3) is 0 Å². The lowest BCUT2D eigenvalue weighted by Gasteiger charge is -2.30. The average Bonchev–Trinajstić information content (AvgIpc) is 2.41. The molecule has 0 saturated heterocycles. The molecule has 1 unspecified atom stereocenters. The Kier molecular flexibility index (Phi) is 2.31. The van der Waals surface area contributed by atoms with E-state index in [2.05, 4.69) is 38.7 Å². The number of halogens is 1. The van der Waals surface area contributed by atoms with Gasteiger partial charge in [0.05, 0.1) is 0 Å². The van der Waals surface area contributed by atoms with Crippen molar-refractivity contribution in [3.63, 3.8) is 0 Å². The molecule has 0 amide bonds. The summed E-state index contributed by atoms with van der Waals surface area (Å²) in [5.74, 6) is 0.471. The Hall–Kier alpha value is -0.950. The molecule has 0 bridgehead atoms. The van der Waals surface area contributed by atoms with E-state index in [9.17, 15) is 0 Å². The quantitative estimate of drug-likeness (QED) is 0.750. The molecule has 0 aliphatic carbocycles. The predicted molar refractivity (Wildman–Crippen MR) is 66.4 cm³/mol. The first-order chi connectivity index (χ1) is 6.98. The van der Waals surface area contributed by atoms with Crippen LogP contribution in [0.1, 0.15) is 26.3 Å². The summed E-state index contributed by atoms with van der Waals surface area (Å²) in [6, 6.07) is 5.97. The van der Waals surface area contributed by atoms with Gasteiger partial charge in [-0.25, -0.2) is 0 Å². The smallest absolute Gasteiger partial charge is 0.0468 e. The Morgan fingerprint density at radius 2 is 2.07 bits per heavy atom. The Morgan fingerprint density at radius 1 is 1.40 bits per heavy atom. The van der Waals surface area contributed by atoms with Gasteiger partial charge in [-0.15, -0.1) is 0 Å². The third-order valence-electron chi connectivity index (χ3n) is 3.60. The number of nitrogens with one attached hydrogen (secondary N) is 1. The molecule has 1 aromatic rings. The van der Waals surface area contributed by atoms with Gasteiger partial charge >= 0.3 is 0 Å².